The second-order valence-corrected chi connectivity index (χ2v) is 3.90. The smallest absolute Gasteiger partial charge is 0.140 e. The molecule has 0 amide bonds. The molecule has 0 atom stereocenters. The van der Waals surface area contributed by atoms with E-state index < -0.39 is 5.41 Å². The standard InChI is InChI=1S/C13H18O2/c1-4-13(5-2,10(3)14)11-7-6-8-12(15)9-11/h6-9,15H,4-5H2,1-3H3. The van der Waals surface area contributed by atoms with Crippen molar-refractivity contribution in [2.24, 2.45) is 0 Å². The van der Waals surface area contributed by atoms with Crippen molar-refractivity contribution in [3.63, 3.8) is 0 Å². The zero-order valence-corrected chi connectivity index (χ0v) is 9.58. The fourth-order valence-electron chi connectivity index (χ4n) is 2.16. The minimum absolute atomic E-state index is 0.165. The molecule has 2 nitrogen and oxygen atoms in total. The molecule has 15 heavy (non-hydrogen) atoms. The maximum absolute atomic E-state index is 11.8. The Balaban J connectivity index is 3.26. The molecule has 0 saturated heterocycles. The topological polar surface area (TPSA) is 37.3 Å². The Kier molecular flexibility index (Phi) is 3.51. The first kappa shape index (κ1) is 11.8. The van der Waals surface area contributed by atoms with Gasteiger partial charge in [0.05, 0.1) is 5.41 Å². The van der Waals surface area contributed by atoms with Crippen LogP contribution in [-0.2, 0) is 10.2 Å². The quantitative estimate of drug-likeness (QED) is 0.822. The number of hydrogen-bond acceptors (Lipinski definition) is 2. The molecule has 0 fully saturated rings. The molecule has 1 N–H and O–H groups in total. The van der Waals surface area contributed by atoms with Crippen LogP contribution in [0.5, 0.6) is 5.75 Å². The summed E-state index contributed by atoms with van der Waals surface area (Å²) in [4.78, 5) is 11.8. The SMILES string of the molecule is CCC(CC)(C(C)=O)c1cccc(O)c1. The van der Waals surface area contributed by atoms with Crippen LogP contribution in [-0.4, -0.2) is 10.9 Å². The van der Waals surface area contributed by atoms with E-state index in [2.05, 4.69) is 0 Å². The molecule has 0 aliphatic rings. The van der Waals surface area contributed by atoms with Gasteiger partial charge in [0.1, 0.15) is 11.5 Å². The second-order valence-electron chi connectivity index (χ2n) is 3.90. The molecule has 0 radical (unpaired) electrons. The lowest BCUT2D eigenvalue weighted by molar-refractivity contribution is -0.122. The van der Waals surface area contributed by atoms with Crippen molar-refractivity contribution in [3.05, 3.63) is 29.8 Å². The molecular weight excluding hydrogens is 188 g/mol. The lowest BCUT2D eigenvalue weighted by Crippen LogP contribution is -2.32. The van der Waals surface area contributed by atoms with Gasteiger partial charge in [-0.25, -0.2) is 0 Å². The van der Waals surface area contributed by atoms with Crippen LogP contribution in [0.3, 0.4) is 0 Å². The Morgan fingerprint density at radius 2 is 1.93 bits per heavy atom. The van der Waals surface area contributed by atoms with Crippen LogP contribution in [0.25, 0.3) is 0 Å². The number of rotatable bonds is 4. The molecule has 0 unspecified atom stereocenters. The number of benzene rings is 1. The van der Waals surface area contributed by atoms with Crippen LogP contribution >= 0.6 is 0 Å². The molecule has 1 aromatic carbocycles. The summed E-state index contributed by atoms with van der Waals surface area (Å²) in [5, 5.41) is 9.44. The number of hydrogen-bond donors (Lipinski definition) is 1. The third kappa shape index (κ3) is 2.04. The van der Waals surface area contributed by atoms with Gasteiger partial charge in [-0.15, -0.1) is 0 Å². The van der Waals surface area contributed by atoms with Gasteiger partial charge in [0, 0.05) is 0 Å². The van der Waals surface area contributed by atoms with Crippen LogP contribution in [0.1, 0.15) is 39.2 Å². The zero-order chi connectivity index (χ0) is 11.5. The van der Waals surface area contributed by atoms with Crippen molar-refractivity contribution in [2.75, 3.05) is 0 Å². The summed E-state index contributed by atoms with van der Waals surface area (Å²) in [6, 6.07) is 7.01. The maximum Gasteiger partial charge on any atom is 0.140 e. The molecule has 0 aromatic heterocycles. The van der Waals surface area contributed by atoms with Gasteiger partial charge >= 0.3 is 0 Å². The monoisotopic (exact) mass is 206 g/mol. The molecule has 1 aromatic rings. The lowest BCUT2D eigenvalue weighted by atomic mass is 9.73. The van der Waals surface area contributed by atoms with E-state index in [0.717, 1.165) is 18.4 Å². The molecule has 0 aliphatic heterocycles. The minimum atomic E-state index is -0.432. The van der Waals surface area contributed by atoms with Crippen molar-refractivity contribution >= 4 is 5.78 Å². The Morgan fingerprint density at radius 3 is 2.33 bits per heavy atom. The number of ketones is 1. The maximum atomic E-state index is 11.8. The van der Waals surface area contributed by atoms with E-state index in [1.165, 1.54) is 0 Å². The van der Waals surface area contributed by atoms with Crippen LogP contribution in [0.4, 0.5) is 0 Å². The Morgan fingerprint density at radius 1 is 1.33 bits per heavy atom. The summed E-state index contributed by atoms with van der Waals surface area (Å²) >= 11 is 0. The Bertz CT molecular complexity index is 351. The number of phenols is 1. The summed E-state index contributed by atoms with van der Waals surface area (Å²) in [5.41, 5.74) is 0.485. The van der Waals surface area contributed by atoms with E-state index in [1.54, 1.807) is 25.1 Å². The molecular formula is C13H18O2. The van der Waals surface area contributed by atoms with Crippen molar-refractivity contribution in [1.29, 1.82) is 0 Å². The molecule has 0 saturated carbocycles. The zero-order valence-electron chi connectivity index (χ0n) is 9.58. The van der Waals surface area contributed by atoms with E-state index >= 15 is 0 Å². The van der Waals surface area contributed by atoms with Gasteiger partial charge in [-0.3, -0.25) is 4.79 Å². The normalized spacial score (nSPS) is 11.4. The number of aromatic hydroxyl groups is 1. The van der Waals surface area contributed by atoms with Gasteiger partial charge in [0.25, 0.3) is 0 Å². The molecule has 0 aliphatic carbocycles. The van der Waals surface area contributed by atoms with E-state index in [0.29, 0.717) is 0 Å². The van der Waals surface area contributed by atoms with Gasteiger partial charge in [-0.2, -0.15) is 0 Å². The fraction of sp³-hybridized carbons (Fsp3) is 0.462. The van der Waals surface area contributed by atoms with Gasteiger partial charge < -0.3 is 5.11 Å². The average Bonchev–Trinajstić information content (AvgIpc) is 2.20. The van der Waals surface area contributed by atoms with E-state index in [-0.39, 0.29) is 11.5 Å². The van der Waals surface area contributed by atoms with Crippen LogP contribution in [0.2, 0.25) is 0 Å². The number of Topliss-reactive ketones (excluding diaryl/α,β-unsaturated/α-hetero) is 1. The van der Waals surface area contributed by atoms with Crippen molar-refractivity contribution in [2.45, 2.75) is 39.0 Å². The molecule has 0 spiro atoms. The summed E-state index contributed by atoms with van der Waals surface area (Å²) in [5.74, 6) is 0.387. The predicted octanol–water partition coefficient (Wildman–Crippen LogP) is 3.04. The van der Waals surface area contributed by atoms with E-state index in [4.69, 9.17) is 0 Å². The van der Waals surface area contributed by atoms with Crippen molar-refractivity contribution in [1.82, 2.24) is 0 Å². The highest BCUT2D eigenvalue weighted by Crippen LogP contribution is 2.34. The average molecular weight is 206 g/mol. The van der Waals surface area contributed by atoms with Crippen molar-refractivity contribution in [3.8, 4) is 5.75 Å². The van der Waals surface area contributed by atoms with Gasteiger partial charge in [-0.1, -0.05) is 26.0 Å². The molecule has 1 rings (SSSR count). The van der Waals surface area contributed by atoms with E-state index in [9.17, 15) is 9.90 Å². The summed E-state index contributed by atoms with van der Waals surface area (Å²) in [6.07, 6.45) is 1.53. The lowest BCUT2D eigenvalue weighted by Gasteiger charge is -2.29. The first-order valence-electron chi connectivity index (χ1n) is 5.37. The number of phenolic OH excluding ortho intramolecular Hbond substituents is 1. The van der Waals surface area contributed by atoms with Crippen LogP contribution in [0.15, 0.2) is 24.3 Å². The summed E-state index contributed by atoms with van der Waals surface area (Å²) < 4.78 is 0. The largest absolute Gasteiger partial charge is 0.508 e. The second kappa shape index (κ2) is 4.47. The first-order valence-corrected chi connectivity index (χ1v) is 5.37. The Hall–Kier alpha value is -1.31. The summed E-state index contributed by atoms with van der Waals surface area (Å²) in [7, 11) is 0. The minimum Gasteiger partial charge on any atom is -0.508 e. The van der Waals surface area contributed by atoms with Gasteiger partial charge in [-0.05, 0) is 37.5 Å². The highest BCUT2D eigenvalue weighted by Gasteiger charge is 2.33. The van der Waals surface area contributed by atoms with E-state index in [1.807, 2.05) is 19.9 Å². The third-order valence-electron chi connectivity index (χ3n) is 3.28. The number of carbonyl (C=O) groups is 1. The van der Waals surface area contributed by atoms with Crippen LogP contribution < -0.4 is 0 Å². The molecule has 0 bridgehead atoms. The highest BCUT2D eigenvalue weighted by molar-refractivity contribution is 5.88. The van der Waals surface area contributed by atoms with Gasteiger partial charge in [0.15, 0.2) is 0 Å². The predicted molar refractivity (Wildman–Crippen MR) is 61.0 cm³/mol. The fourth-order valence-corrected chi connectivity index (χ4v) is 2.16. The molecule has 82 valence electrons. The highest BCUT2D eigenvalue weighted by atomic mass is 16.3. The Labute approximate surface area is 90.9 Å². The molecule has 2 heteroatoms. The van der Waals surface area contributed by atoms with Gasteiger partial charge in [0.2, 0.25) is 0 Å². The molecule has 0 heterocycles. The number of carbonyl (C=O) groups excluding carboxylic acids is 1. The van der Waals surface area contributed by atoms with Crippen LogP contribution in [0, 0.1) is 0 Å². The summed E-state index contributed by atoms with van der Waals surface area (Å²) in [6.45, 7) is 5.64. The van der Waals surface area contributed by atoms with Crippen molar-refractivity contribution < 1.29 is 9.90 Å². The first-order chi connectivity index (χ1) is 7.06. The third-order valence-corrected chi connectivity index (χ3v) is 3.28.